The maximum absolute atomic E-state index is 11.4. The molecule has 5 nitrogen and oxygen atoms in total. The van der Waals surface area contributed by atoms with E-state index in [0.717, 1.165) is 0 Å². The Morgan fingerprint density at radius 1 is 1.05 bits per heavy atom. The summed E-state index contributed by atoms with van der Waals surface area (Å²) in [5.74, 6) is -0.413. The van der Waals surface area contributed by atoms with Crippen LogP contribution in [0.5, 0.6) is 0 Å². The van der Waals surface area contributed by atoms with Gasteiger partial charge in [0.1, 0.15) is 0 Å². The normalized spacial score (nSPS) is 11.4. The van der Waals surface area contributed by atoms with Crippen molar-refractivity contribution < 1.29 is 14.4 Å². The molecule has 0 fully saturated rings. The fraction of sp³-hybridized carbons (Fsp3) is 0.643. The lowest BCUT2D eigenvalue weighted by Crippen LogP contribution is -2.45. The molecule has 0 spiro atoms. The molecule has 2 N–H and O–H groups in total. The van der Waals surface area contributed by atoms with Crippen molar-refractivity contribution in [2.24, 2.45) is 0 Å². The van der Waals surface area contributed by atoms with Crippen LogP contribution < -0.4 is 10.6 Å². The summed E-state index contributed by atoms with van der Waals surface area (Å²) in [6.45, 7) is 7.37. The second-order valence-corrected chi connectivity index (χ2v) is 5.39. The molecule has 19 heavy (non-hydrogen) atoms. The second kappa shape index (κ2) is 8.45. The summed E-state index contributed by atoms with van der Waals surface area (Å²) in [5, 5.41) is 5.28. The summed E-state index contributed by atoms with van der Waals surface area (Å²) < 4.78 is 0. The maximum atomic E-state index is 11.4. The first kappa shape index (κ1) is 17.4. The molecule has 0 rings (SSSR count). The van der Waals surface area contributed by atoms with Gasteiger partial charge in [0, 0.05) is 18.4 Å². The van der Waals surface area contributed by atoms with Crippen LogP contribution in [0.15, 0.2) is 12.2 Å². The Balaban J connectivity index is 3.76. The molecule has 0 aromatic rings. The number of ketones is 1. The van der Waals surface area contributed by atoms with E-state index in [0.29, 0.717) is 12.8 Å². The van der Waals surface area contributed by atoms with Gasteiger partial charge >= 0.3 is 0 Å². The summed E-state index contributed by atoms with van der Waals surface area (Å²) in [6, 6.07) is 0. The Labute approximate surface area is 114 Å². The van der Waals surface area contributed by atoms with E-state index < -0.39 is 0 Å². The summed E-state index contributed by atoms with van der Waals surface area (Å²) in [4.78, 5) is 34.0. The first-order valence-corrected chi connectivity index (χ1v) is 6.48. The quantitative estimate of drug-likeness (QED) is 0.684. The number of rotatable bonds is 7. The Morgan fingerprint density at radius 3 is 2.21 bits per heavy atom. The zero-order valence-electron chi connectivity index (χ0n) is 12.2. The van der Waals surface area contributed by atoms with Crippen molar-refractivity contribution in [3.63, 3.8) is 0 Å². The number of carbonyl (C=O) groups excluding carboxylic acids is 3. The van der Waals surface area contributed by atoms with Crippen molar-refractivity contribution in [1.29, 1.82) is 0 Å². The van der Waals surface area contributed by atoms with Gasteiger partial charge in [-0.25, -0.2) is 0 Å². The zero-order chi connectivity index (χ0) is 14.9. The van der Waals surface area contributed by atoms with Gasteiger partial charge in [0.2, 0.25) is 11.8 Å². The Kier molecular flexibility index (Phi) is 7.72. The molecule has 0 aliphatic heterocycles. The second-order valence-electron chi connectivity index (χ2n) is 5.39. The minimum absolute atomic E-state index is 0.0146. The van der Waals surface area contributed by atoms with Gasteiger partial charge < -0.3 is 10.6 Å². The molecule has 0 atom stereocenters. The van der Waals surface area contributed by atoms with Crippen LogP contribution >= 0.6 is 0 Å². The molecular formula is C14H24N2O3. The fourth-order valence-corrected chi connectivity index (χ4v) is 1.42. The lowest BCUT2D eigenvalue weighted by atomic mass is 10.1. The van der Waals surface area contributed by atoms with Gasteiger partial charge in [-0.1, -0.05) is 6.08 Å². The van der Waals surface area contributed by atoms with Crippen LogP contribution in [-0.2, 0) is 14.4 Å². The monoisotopic (exact) mass is 268 g/mol. The van der Waals surface area contributed by atoms with E-state index in [1.54, 1.807) is 13.0 Å². The molecule has 0 radical (unpaired) electrons. The predicted molar refractivity (Wildman–Crippen MR) is 74.6 cm³/mol. The number of hydrogen-bond acceptors (Lipinski definition) is 3. The van der Waals surface area contributed by atoms with Crippen molar-refractivity contribution in [3.05, 3.63) is 12.2 Å². The molecule has 0 aliphatic carbocycles. The Bertz CT molecular complexity index is 354. The largest absolute Gasteiger partial charge is 0.350 e. The SMILES string of the molecule is C/C=C/C(=O)CCCC(=O)NCC(=O)NC(C)(C)C. The van der Waals surface area contributed by atoms with E-state index in [1.165, 1.54) is 6.08 Å². The van der Waals surface area contributed by atoms with Gasteiger partial charge in [-0.15, -0.1) is 0 Å². The third kappa shape index (κ3) is 11.2. The van der Waals surface area contributed by atoms with Crippen LogP contribution in [0.2, 0.25) is 0 Å². The Morgan fingerprint density at radius 2 is 1.68 bits per heavy atom. The molecule has 0 aromatic carbocycles. The molecule has 0 unspecified atom stereocenters. The van der Waals surface area contributed by atoms with Gasteiger partial charge in [0.15, 0.2) is 5.78 Å². The summed E-state index contributed by atoms with van der Waals surface area (Å²) >= 11 is 0. The molecule has 0 saturated heterocycles. The van der Waals surface area contributed by atoms with E-state index in [4.69, 9.17) is 0 Å². The van der Waals surface area contributed by atoms with Crippen LogP contribution in [0.1, 0.15) is 47.0 Å². The van der Waals surface area contributed by atoms with Crippen LogP contribution in [0.25, 0.3) is 0 Å². The minimum atomic E-state index is -0.305. The highest BCUT2D eigenvalue weighted by molar-refractivity contribution is 5.90. The number of amides is 2. The van der Waals surface area contributed by atoms with Gasteiger partial charge in [-0.05, 0) is 40.2 Å². The average Bonchev–Trinajstić information content (AvgIpc) is 2.24. The lowest BCUT2D eigenvalue weighted by molar-refractivity contribution is -0.127. The Hall–Kier alpha value is -1.65. The van der Waals surface area contributed by atoms with Crippen molar-refractivity contribution in [2.75, 3.05) is 6.54 Å². The highest BCUT2D eigenvalue weighted by atomic mass is 16.2. The van der Waals surface area contributed by atoms with Crippen LogP contribution in [0.3, 0.4) is 0 Å². The molecule has 0 bridgehead atoms. The molecule has 2 amide bonds. The number of carbonyl (C=O) groups is 3. The molecule has 0 aromatic heterocycles. The highest BCUT2D eigenvalue weighted by Gasteiger charge is 2.14. The van der Waals surface area contributed by atoms with Gasteiger partial charge in [-0.3, -0.25) is 14.4 Å². The standard InChI is InChI=1S/C14H24N2O3/c1-5-7-11(17)8-6-9-12(18)15-10-13(19)16-14(2,3)4/h5,7H,6,8-10H2,1-4H3,(H,15,18)(H,16,19)/b7-5+. The first-order valence-electron chi connectivity index (χ1n) is 6.48. The topological polar surface area (TPSA) is 75.3 Å². The number of hydrogen-bond donors (Lipinski definition) is 2. The smallest absolute Gasteiger partial charge is 0.239 e. The molecule has 0 heterocycles. The van der Waals surface area contributed by atoms with Crippen molar-refractivity contribution >= 4 is 17.6 Å². The van der Waals surface area contributed by atoms with E-state index >= 15 is 0 Å². The van der Waals surface area contributed by atoms with Gasteiger partial charge in [0.25, 0.3) is 0 Å². The molecular weight excluding hydrogens is 244 g/mol. The molecule has 108 valence electrons. The maximum Gasteiger partial charge on any atom is 0.239 e. The van der Waals surface area contributed by atoms with Crippen LogP contribution in [-0.4, -0.2) is 29.7 Å². The van der Waals surface area contributed by atoms with E-state index in [1.807, 2.05) is 20.8 Å². The van der Waals surface area contributed by atoms with Gasteiger partial charge in [0.05, 0.1) is 6.54 Å². The molecule has 5 heteroatoms. The van der Waals surface area contributed by atoms with Crippen molar-refractivity contribution in [1.82, 2.24) is 10.6 Å². The van der Waals surface area contributed by atoms with Crippen LogP contribution in [0, 0.1) is 0 Å². The minimum Gasteiger partial charge on any atom is -0.350 e. The zero-order valence-corrected chi connectivity index (χ0v) is 12.2. The van der Waals surface area contributed by atoms with Gasteiger partial charge in [-0.2, -0.15) is 0 Å². The molecule has 0 saturated carbocycles. The highest BCUT2D eigenvalue weighted by Crippen LogP contribution is 1.99. The fourth-order valence-electron chi connectivity index (χ4n) is 1.42. The first-order chi connectivity index (χ1) is 8.74. The summed E-state index contributed by atoms with van der Waals surface area (Å²) in [5.41, 5.74) is -0.305. The third-order valence-corrected chi connectivity index (χ3v) is 2.14. The van der Waals surface area contributed by atoms with E-state index in [-0.39, 0.29) is 36.1 Å². The van der Waals surface area contributed by atoms with Crippen molar-refractivity contribution in [3.8, 4) is 0 Å². The molecule has 0 aliphatic rings. The number of nitrogens with one attached hydrogen (secondary N) is 2. The summed E-state index contributed by atoms with van der Waals surface area (Å²) in [7, 11) is 0. The van der Waals surface area contributed by atoms with Crippen molar-refractivity contribution in [2.45, 2.75) is 52.5 Å². The number of allylic oxidation sites excluding steroid dienone is 2. The van der Waals surface area contributed by atoms with E-state index in [2.05, 4.69) is 10.6 Å². The average molecular weight is 268 g/mol. The lowest BCUT2D eigenvalue weighted by Gasteiger charge is -2.20. The summed E-state index contributed by atoms with van der Waals surface area (Å²) in [6.07, 6.45) is 4.28. The third-order valence-electron chi connectivity index (χ3n) is 2.14. The van der Waals surface area contributed by atoms with Crippen LogP contribution in [0.4, 0.5) is 0 Å². The van der Waals surface area contributed by atoms with E-state index in [9.17, 15) is 14.4 Å². The predicted octanol–water partition coefficient (Wildman–Crippen LogP) is 1.33.